The minimum Gasteiger partial charge on any atom is -0.375 e. The zero-order valence-electron chi connectivity index (χ0n) is 10.6. The van der Waals surface area contributed by atoms with E-state index in [4.69, 9.17) is 4.74 Å². The first kappa shape index (κ1) is 13.3. The first-order valence-electron chi connectivity index (χ1n) is 5.87. The maximum absolute atomic E-state index is 5.66. The molecule has 1 N–H and O–H groups in total. The van der Waals surface area contributed by atoms with Crippen LogP contribution in [0, 0.1) is 0 Å². The molecule has 0 aromatic heterocycles. The predicted octanol–water partition coefficient (Wildman–Crippen LogP) is 2.68. The van der Waals surface area contributed by atoms with Gasteiger partial charge in [0.25, 0.3) is 0 Å². The van der Waals surface area contributed by atoms with Crippen molar-refractivity contribution in [1.82, 2.24) is 5.32 Å². The summed E-state index contributed by atoms with van der Waals surface area (Å²) in [5.41, 5.74) is -0.00462. The molecule has 2 nitrogen and oxygen atoms in total. The number of ether oxygens (including phenoxy) is 1. The van der Waals surface area contributed by atoms with E-state index in [2.05, 4.69) is 32.3 Å². The summed E-state index contributed by atoms with van der Waals surface area (Å²) in [4.78, 5) is 0. The molecule has 0 aliphatic heterocycles. The molecule has 0 atom stereocenters. The van der Waals surface area contributed by atoms with Gasteiger partial charge in [0.1, 0.15) is 0 Å². The van der Waals surface area contributed by atoms with E-state index < -0.39 is 0 Å². The number of rotatable bonds is 6. The Bertz CT molecular complexity index is 179. The Morgan fingerprint density at radius 2 is 2.00 bits per heavy atom. The zero-order valence-corrected chi connectivity index (χ0v) is 11.4. The van der Waals surface area contributed by atoms with Crippen LogP contribution in [-0.4, -0.2) is 36.3 Å². The van der Waals surface area contributed by atoms with Crippen molar-refractivity contribution in [3.63, 3.8) is 0 Å². The standard InChI is InChI=1S/C12H25NOS/c1-11(2,3)14-9-8-13-10-12(15-4)6-5-7-12/h13H,5-10H2,1-4H3. The van der Waals surface area contributed by atoms with Crippen molar-refractivity contribution >= 4 is 11.8 Å². The van der Waals surface area contributed by atoms with E-state index in [0.29, 0.717) is 4.75 Å². The third kappa shape index (κ3) is 4.75. The van der Waals surface area contributed by atoms with E-state index >= 15 is 0 Å². The topological polar surface area (TPSA) is 21.3 Å². The van der Waals surface area contributed by atoms with Gasteiger partial charge in [0.15, 0.2) is 0 Å². The molecule has 1 aliphatic rings. The Labute approximate surface area is 98.5 Å². The molecule has 0 unspecified atom stereocenters. The van der Waals surface area contributed by atoms with Crippen molar-refractivity contribution in [2.75, 3.05) is 26.0 Å². The molecule has 0 spiro atoms. The van der Waals surface area contributed by atoms with Crippen LogP contribution in [0.5, 0.6) is 0 Å². The van der Waals surface area contributed by atoms with Gasteiger partial charge in [0.2, 0.25) is 0 Å². The number of hydrogen-bond acceptors (Lipinski definition) is 3. The Balaban J connectivity index is 2.02. The van der Waals surface area contributed by atoms with E-state index in [1.165, 1.54) is 19.3 Å². The third-order valence-corrected chi connectivity index (χ3v) is 4.38. The average molecular weight is 231 g/mol. The van der Waals surface area contributed by atoms with Crippen LogP contribution in [0.4, 0.5) is 0 Å². The van der Waals surface area contributed by atoms with Gasteiger partial charge in [0, 0.05) is 17.8 Å². The fourth-order valence-corrected chi connectivity index (χ4v) is 2.71. The molecule has 0 radical (unpaired) electrons. The molecule has 1 rings (SSSR count). The summed E-state index contributed by atoms with van der Waals surface area (Å²) in [5.74, 6) is 0. The monoisotopic (exact) mass is 231 g/mol. The lowest BCUT2D eigenvalue weighted by molar-refractivity contribution is -0.00107. The Morgan fingerprint density at radius 1 is 1.33 bits per heavy atom. The molecule has 1 fully saturated rings. The summed E-state index contributed by atoms with van der Waals surface area (Å²) in [5, 5.41) is 3.51. The molecule has 90 valence electrons. The molecule has 0 heterocycles. The van der Waals surface area contributed by atoms with E-state index in [1.807, 2.05) is 11.8 Å². The van der Waals surface area contributed by atoms with Crippen LogP contribution >= 0.6 is 11.8 Å². The number of hydrogen-bond donors (Lipinski definition) is 1. The summed E-state index contributed by atoms with van der Waals surface area (Å²) < 4.78 is 6.20. The largest absolute Gasteiger partial charge is 0.375 e. The quantitative estimate of drug-likeness (QED) is 0.710. The van der Waals surface area contributed by atoms with Gasteiger partial charge in [-0.15, -0.1) is 0 Å². The minimum atomic E-state index is -0.00462. The van der Waals surface area contributed by atoms with Crippen molar-refractivity contribution in [1.29, 1.82) is 0 Å². The SMILES string of the molecule is CSC1(CNCCOC(C)(C)C)CCC1. The van der Waals surface area contributed by atoms with Crippen molar-refractivity contribution < 1.29 is 4.74 Å². The van der Waals surface area contributed by atoms with Gasteiger partial charge >= 0.3 is 0 Å². The average Bonchev–Trinajstić information content (AvgIpc) is 2.06. The molecule has 0 amide bonds. The van der Waals surface area contributed by atoms with Gasteiger partial charge in [-0.3, -0.25) is 0 Å². The maximum Gasteiger partial charge on any atom is 0.0599 e. The highest BCUT2D eigenvalue weighted by molar-refractivity contribution is 8.00. The summed E-state index contributed by atoms with van der Waals surface area (Å²) >= 11 is 2.02. The molecular weight excluding hydrogens is 206 g/mol. The normalized spacial score (nSPS) is 20.0. The lowest BCUT2D eigenvalue weighted by Gasteiger charge is -2.40. The molecule has 15 heavy (non-hydrogen) atoms. The smallest absolute Gasteiger partial charge is 0.0599 e. The second-order valence-electron chi connectivity index (χ2n) is 5.38. The highest BCUT2D eigenvalue weighted by atomic mass is 32.2. The number of thioether (sulfide) groups is 1. The molecule has 0 bridgehead atoms. The Kier molecular flexibility index (Phi) is 4.94. The van der Waals surface area contributed by atoms with Gasteiger partial charge in [-0.05, 0) is 39.9 Å². The highest BCUT2D eigenvalue weighted by Gasteiger charge is 2.35. The van der Waals surface area contributed by atoms with Crippen molar-refractivity contribution in [3.05, 3.63) is 0 Å². The predicted molar refractivity (Wildman–Crippen MR) is 68.7 cm³/mol. The minimum absolute atomic E-state index is 0.00462. The number of nitrogens with one attached hydrogen (secondary N) is 1. The first-order valence-corrected chi connectivity index (χ1v) is 7.10. The van der Waals surface area contributed by atoms with Gasteiger partial charge < -0.3 is 10.1 Å². The molecule has 1 saturated carbocycles. The van der Waals surface area contributed by atoms with Gasteiger partial charge in [-0.2, -0.15) is 11.8 Å². The van der Waals surface area contributed by atoms with Gasteiger partial charge in [0.05, 0.1) is 12.2 Å². The van der Waals surface area contributed by atoms with Crippen molar-refractivity contribution in [2.24, 2.45) is 0 Å². The Hall–Kier alpha value is 0.270. The van der Waals surface area contributed by atoms with Crippen LogP contribution in [0.15, 0.2) is 0 Å². The zero-order chi connectivity index (χ0) is 11.4. The summed E-state index contributed by atoms with van der Waals surface area (Å²) in [6.07, 6.45) is 6.39. The van der Waals surface area contributed by atoms with Crippen molar-refractivity contribution in [3.8, 4) is 0 Å². The molecule has 0 aromatic rings. The van der Waals surface area contributed by atoms with E-state index in [9.17, 15) is 0 Å². The summed E-state index contributed by atoms with van der Waals surface area (Å²) in [7, 11) is 0. The van der Waals surface area contributed by atoms with E-state index in [1.54, 1.807) is 0 Å². The third-order valence-electron chi connectivity index (χ3n) is 2.96. The van der Waals surface area contributed by atoms with Gasteiger partial charge in [-0.25, -0.2) is 0 Å². The fraction of sp³-hybridized carbons (Fsp3) is 1.00. The maximum atomic E-state index is 5.66. The molecule has 1 aliphatic carbocycles. The summed E-state index contributed by atoms with van der Waals surface area (Å²) in [6.45, 7) is 9.22. The van der Waals surface area contributed by atoms with E-state index in [0.717, 1.165) is 19.7 Å². The van der Waals surface area contributed by atoms with Crippen LogP contribution in [0.2, 0.25) is 0 Å². The van der Waals surface area contributed by atoms with Crippen LogP contribution < -0.4 is 5.32 Å². The van der Waals surface area contributed by atoms with Crippen LogP contribution in [0.25, 0.3) is 0 Å². The van der Waals surface area contributed by atoms with Crippen molar-refractivity contribution in [2.45, 2.75) is 50.4 Å². The molecule has 0 aromatic carbocycles. The van der Waals surface area contributed by atoms with Crippen LogP contribution in [0.3, 0.4) is 0 Å². The van der Waals surface area contributed by atoms with Gasteiger partial charge in [-0.1, -0.05) is 6.42 Å². The lowest BCUT2D eigenvalue weighted by atomic mass is 9.84. The second-order valence-corrected chi connectivity index (χ2v) is 6.65. The highest BCUT2D eigenvalue weighted by Crippen LogP contribution is 2.41. The van der Waals surface area contributed by atoms with Crippen LogP contribution in [-0.2, 0) is 4.74 Å². The molecular formula is C12H25NOS. The Morgan fingerprint density at radius 3 is 2.40 bits per heavy atom. The second kappa shape index (κ2) is 5.55. The lowest BCUT2D eigenvalue weighted by Crippen LogP contribution is -2.44. The molecule has 3 heteroatoms. The first-order chi connectivity index (χ1) is 6.97. The fourth-order valence-electron chi connectivity index (χ4n) is 1.77. The summed E-state index contributed by atoms with van der Waals surface area (Å²) in [6, 6.07) is 0. The van der Waals surface area contributed by atoms with Crippen LogP contribution in [0.1, 0.15) is 40.0 Å². The van der Waals surface area contributed by atoms with E-state index in [-0.39, 0.29) is 5.60 Å². The molecule has 0 saturated heterocycles.